The molecule has 0 amide bonds. The van der Waals surface area contributed by atoms with Gasteiger partial charge in [-0.2, -0.15) is 0 Å². The van der Waals surface area contributed by atoms with Crippen LogP contribution in [-0.2, 0) is 0 Å². The van der Waals surface area contributed by atoms with Crippen molar-refractivity contribution in [3.63, 3.8) is 0 Å². The number of hydrogen-bond acceptors (Lipinski definition) is 4. The van der Waals surface area contributed by atoms with E-state index in [0.717, 1.165) is 12.8 Å². The second-order valence-corrected chi connectivity index (χ2v) is 3.89. The van der Waals surface area contributed by atoms with Crippen LogP contribution in [0.5, 0.6) is 5.75 Å². The van der Waals surface area contributed by atoms with E-state index in [1.54, 1.807) is 6.07 Å². The van der Waals surface area contributed by atoms with Crippen molar-refractivity contribution < 1.29 is 9.66 Å². The molecule has 0 heterocycles. The lowest BCUT2D eigenvalue weighted by Crippen LogP contribution is -2.00. The van der Waals surface area contributed by atoms with Crippen LogP contribution in [0, 0.1) is 10.1 Å². The molecule has 0 unspecified atom stereocenters. The third-order valence-electron chi connectivity index (χ3n) is 2.47. The molecule has 1 aromatic rings. The van der Waals surface area contributed by atoms with Gasteiger partial charge in [0.1, 0.15) is 11.4 Å². The maximum Gasteiger partial charge on any atom is 0.295 e. The summed E-state index contributed by atoms with van der Waals surface area (Å²) < 4.78 is 5.44. The first-order valence-corrected chi connectivity index (χ1v) is 5.82. The third-order valence-corrected chi connectivity index (χ3v) is 2.47. The predicted octanol–water partition coefficient (Wildman–Crippen LogP) is 3.56. The van der Waals surface area contributed by atoms with Gasteiger partial charge in [0.05, 0.1) is 17.6 Å². The van der Waals surface area contributed by atoms with Crippen LogP contribution in [-0.4, -0.2) is 11.5 Å². The normalized spacial score (nSPS) is 9.61. The fourth-order valence-corrected chi connectivity index (χ4v) is 1.49. The summed E-state index contributed by atoms with van der Waals surface area (Å²) in [5, 5.41) is 10.7. The van der Waals surface area contributed by atoms with E-state index in [0.29, 0.717) is 12.4 Å². The Labute approximate surface area is 113 Å². The van der Waals surface area contributed by atoms with Gasteiger partial charge >= 0.3 is 0 Å². The highest BCUT2D eigenvalue weighted by atomic mass is 35.5. The van der Waals surface area contributed by atoms with Gasteiger partial charge in [-0.25, -0.2) is 0 Å². The number of nitrogen functional groups attached to an aromatic ring is 1. The van der Waals surface area contributed by atoms with Crippen molar-refractivity contribution in [2.45, 2.75) is 32.6 Å². The fraction of sp³-hybridized carbons (Fsp3) is 0.500. The first kappa shape index (κ1) is 16.5. The number of benzene rings is 1. The Morgan fingerprint density at radius 2 is 2.06 bits per heavy atom. The number of nitrogens with two attached hydrogens (primary N) is 1. The van der Waals surface area contributed by atoms with Crippen LogP contribution >= 0.6 is 12.4 Å². The molecule has 1 rings (SSSR count). The standard InChI is InChI=1S/C12H18N2O3.ClH/c1-2-3-4-5-8-17-10-6-7-11(13)12(9-10)14(15)16;/h6-7,9H,2-5,8,13H2,1H3;1H. The van der Waals surface area contributed by atoms with Gasteiger partial charge < -0.3 is 10.5 Å². The first-order valence-electron chi connectivity index (χ1n) is 5.82. The number of nitro groups is 1. The van der Waals surface area contributed by atoms with E-state index < -0.39 is 4.92 Å². The molecule has 5 nitrogen and oxygen atoms in total. The Balaban J connectivity index is 0.00000289. The van der Waals surface area contributed by atoms with Gasteiger partial charge in [0, 0.05) is 0 Å². The maximum absolute atomic E-state index is 10.7. The van der Waals surface area contributed by atoms with Crippen LogP contribution < -0.4 is 10.5 Å². The third kappa shape index (κ3) is 5.23. The minimum Gasteiger partial charge on any atom is -0.493 e. The lowest BCUT2D eigenvalue weighted by atomic mass is 10.2. The highest BCUT2D eigenvalue weighted by Gasteiger charge is 2.12. The van der Waals surface area contributed by atoms with Crippen molar-refractivity contribution in [3.8, 4) is 5.75 Å². The summed E-state index contributed by atoms with van der Waals surface area (Å²) in [4.78, 5) is 10.2. The zero-order chi connectivity index (χ0) is 12.7. The molecule has 0 aliphatic rings. The maximum atomic E-state index is 10.7. The average molecular weight is 275 g/mol. The molecule has 0 spiro atoms. The largest absolute Gasteiger partial charge is 0.493 e. The van der Waals surface area contributed by atoms with Crippen LogP contribution in [0.15, 0.2) is 18.2 Å². The number of nitro benzene ring substituents is 1. The van der Waals surface area contributed by atoms with E-state index in [9.17, 15) is 10.1 Å². The van der Waals surface area contributed by atoms with E-state index in [-0.39, 0.29) is 23.8 Å². The summed E-state index contributed by atoms with van der Waals surface area (Å²) >= 11 is 0. The van der Waals surface area contributed by atoms with E-state index in [1.165, 1.54) is 25.0 Å². The molecule has 0 saturated carbocycles. The summed E-state index contributed by atoms with van der Waals surface area (Å²) in [5.74, 6) is 0.502. The van der Waals surface area contributed by atoms with Gasteiger partial charge in [-0.1, -0.05) is 26.2 Å². The highest BCUT2D eigenvalue weighted by molar-refractivity contribution is 5.85. The zero-order valence-corrected chi connectivity index (χ0v) is 11.2. The molecule has 1 aromatic carbocycles. The Kier molecular flexibility index (Phi) is 7.87. The average Bonchev–Trinajstić information content (AvgIpc) is 2.30. The Bertz CT molecular complexity index is 386. The van der Waals surface area contributed by atoms with Gasteiger partial charge in [0.15, 0.2) is 0 Å². The SMILES string of the molecule is CCCCCCOc1ccc(N)c([N+](=O)[O-])c1.Cl. The lowest BCUT2D eigenvalue weighted by Gasteiger charge is -2.06. The minimum absolute atomic E-state index is 0. The molecular formula is C12H19ClN2O3. The second kappa shape index (κ2) is 8.58. The molecule has 2 N–H and O–H groups in total. The number of halogens is 1. The number of anilines is 1. The number of ether oxygens (including phenoxy) is 1. The van der Waals surface area contributed by atoms with Crippen molar-refractivity contribution in [1.29, 1.82) is 0 Å². The molecule has 0 aliphatic carbocycles. The van der Waals surface area contributed by atoms with Crippen LogP contribution in [0.25, 0.3) is 0 Å². The molecule has 0 fully saturated rings. The van der Waals surface area contributed by atoms with E-state index >= 15 is 0 Å². The number of rotatable bonds is 7. The molecule has 0 atom stereocenters. The number of hydrogen-bond donors (Lipinski definition) is 1. The minimum atomic E-state index is -0.501. The molecule has 6 heteroatoms. The lowest BCUT2D eigenvalue weighted by molar-refractivity contribution is -0.384. The molecule has 0 aliphatic heterocycles. The molecule has 18 heavy (non-hydrogen) atoms. The summed E-state index contributed by atoms with van der Waals surface area (Å²) in [7, 11) is 0. The van der Waals surface area contributed by atoms with Gasteiger partial charge in [-0.15, -0.1) is 12.4 Å². The van der Waals surface area contributed by atoms with E-state index in [4.69, 9.17) is 10.5 Å². The van der Waals surface area contributed by atoms with Crippen molar-refractivity contribution in [2.24, 2.45) is 0 Å². The number of nitrogens with zero attached hydrogens (tertiary/aromatic N) is 1. The summed E-state index contributed by atoms with van der Waals surface area (Å²) in [6.45, 7) is 2.73. The van der Waals surface area contributed by atoms with Gasteiger partial charge in [-0.05, 0) is 18.6 Å². The number of unbranched alkanes of at least 4 members (excludes halogenated alkanes) is 3. The van der Waals surface area contributed by atoms with Crippen LogP contribution in [0.1, 0.15) is 32.6 Å². The summed E-state index contributed by atoms with van der Waals surface area (Å²) in [5.41, 5.74) is 5.55. The van der Waals surface area contributed by atoms with Gasteiger partial charge in [0.2, 0.25) is 0 Å². The summed E-state index contributed by atoms with van der Waals surface area (Å²) in [6.07, 6.45) is 4.44. The Hall–Kier alpha value is -1.49. The Morgan fingerprint density at radius 3 is 2.67 bits per heavy atom. The molecule has 0 saturated heterocycles. The monoisotopic (exact) mass is 274 g/mol. The van der Waals surface area contributed by atoms with Gasteiger partial charge in [0.25, 0.3) is 5.69 Å². The molecule has 0 radical (unpaired) electrons. The molecule has 0 aromatic heterocycles. The predicted molar refractivity (Wildman–Crippen MR) is 74.4 cm³/mol. The quantitative estimate of drug-likeness (QED) is 0.357. The van der Waals surface area contributed by atoms with Crippen molar-refractivity contribution in [2.75, 3.05) is 12.3 Å². The second-order valence-electron chi connectivity index (χ2n) is 3.89. The van der Waals surface area contributed by atoms with Crippen LogP contribution in [0.3, 0.4) is 0 Å². The molecular weight excluding hydrogens is 256 g/mol. The Morgan fingerprint density at radius 1 is 1.33 bits per heavy atom. The zero-order valence-electron chi connectivity index (χ0n) is 10.4. The van der Waals surface area contributed by atoms with E-state index in [1.807, 2.05) is 0 Å². The van der Waals surface area contributed by atoms with Crippen molar-refractivity contribution in [3.05, 3.63) is 28.3 Å². The van der Waals surface area contributed by atoms with Crippen molar-refractivity contribution >= 4 is 23.8 Å². The fourth-order valence-electron chi connectivity index (χ4n) is 1.49. The first-order chi connectivity index (χ1) is 8.15. The topological polar surface area (TPSA) is 78.4 Å². The van der Waals surface area contributed by atoms with Gasteiger partial charge in [-0.3, -0.25) is 10.1 Å². The molecule has 102 valence electrons. The smallest absolute Gasteiger partial charge is 0.295 e. The van der Waals surface area contributed by atoms with E-state index in [2.05, 4.69) is 6.92 Å². The van der Waals surface area contributed by atoms with Crippen molar-refractivity contribution in [1.82, 2.24) is 0 Å². The highest BCUT2D eigenvalue weighted by Crippen LogP contribution is 2.26. The van der Waals surface area contributed by atoms with Crippen LogP contribution in [0.2, 0.25) is 0 Å². The van der Waals surface area contributed by atoms with Crippen LogP contribution in [0.4, 0.5) is 11.4 Å². The summed E-state index contributed by atoms with van der Waals surface area (Å²) in [6, 6.07) is 4.52. The molecule has 0 bridgehead atoms.